The van der Waals surface area contributed by atoms with E-state index < -0.39 is 21.4 Å². The maximum absolute atomic E-state index is 15.7. The van der Waals surface area contributed by atoms with Gasteiger partial charge in [0.2, 0.25) is 10.0 Å². The van der Waals surface area contributed by atoms with Crippen molar-refractivity contribution in [3.63, 3.8) is 0 Å². The number of rotatable bonds is 8. The van der Waals surface area contributed by atoms with Crippen LogP contribution in [0.25, 0.3) is 22.0 Å². The van der Waals surface area contributed by atoms with Crippen molar-refractivity contribution in [1.29, 1.82) is 0 Å². The number of pyridine rings is 1. The monoisotopic (exact) mass is 636 g/mol. The van der Waals surface area contributed by atoms with Gasteiger partial charge in [-0.15, -0.1) is 0 Å². The van der Waals surface area contributed by atoms with Crippen molar-refractivity contribution in [2.45, 2.75) is 72.1 Å². The summed E-state index contributed by atoms with van der Waals surface area (Å²) in [7, 11) is -3.40. The number of carbonyl (C=O) groups is 1. The summed E-state index contributed by atoms with van der Waals surface area (Å²) in [5, 5.41) is 15.0. The molecule has 11 heteroatoms. The largest absolute Gasteiger partial charge is 0.385 e. The highest BCUT2D eigenvalue weighted by Gasteiger charge is 2.38. The third-order valence-electron chi connectivity index (χ3n) is 9.17. The number of hydrogen-bond acceptors (Lipinski definition) is 5. The number of amides is 1. The first-order valence-corrected chi connectivity index (χ1v) is 17.1. The lowest BCUT2D eigenvalue weighted by atomic mass is 9.84. The SMILES string of the molecule is CCC(C)n1cc(C)c2c(C(=O)NCc3c(C)cc(C)[nH]c3=O)cc(-c3ccc(C4(O)CCN(S(C)(=O)=O)CC4)c(F)c3)cc21. The number of hydrogen-bond donors (Lipinski definition) is 3. The van der Waals surface area contributed by atoms with Crippen molar-refractivity contribution in [3.8, 4) is 11.1 Å². The number of aromatic nitrogens is 2. The van der Waals surface area contributed by atoms with Gasteiger partial charge in [0, 0.05) is 65.2 Å². The molecule has 1 fully saturated rings. The summed E-state index contributed by atoms with van der Waals surface area (Å²) >= 11 is 0. The standard InChI is InChI=1S/C34H41FN4O5S/c1-7-23(5)39-19-21(3)31-26(32(40)36-18-27-20(2)14-22(4)37-33(27)41)15-25(17-30(31)39)24-8-9-28(29(35)16-24)34(42)10-12-38(13-11-34)45(6,43)44/h8-9,14-17,19,23,42H,7,10-13,18H2,1-6H3,(H,36,40)(H,37,41). The van der Waals surface area contributed by atoms with Gasteiger partial charge in [0.1, 0.15) is 5.82 Å². The Labute approximate surface area is 263 Å². The third kappa shape index (κ3) is 6.34. The molecule has 0 saturated carbocycles. The van der Waals surface area contributed by atoms with Gasteiger partial charge in [-0.3, -0.25) is 9.59 Å². The normalized spacial score (nSPS) is 16.2. The summed E-state index contributed by atoms with van der Waals surface area (Å²) in [6.07, 6.45) is 4.18. The van der Waals surface area contributed by atoms with Crippen LogP contribution in [-0.2, 0) is 22.2 Å². The molecule has 2 aromatic carbocycles. The summed E-state index contributed by atoms with van der Waals surface area (Å²) < 4.78 is 43.0. The molecule has 5 rings (SSSR count). The molecular weight excluding hydrogens is 595 g/mol. The Morgan fingerprint density at radius 2 is 1.78 bits per heavy atom. The van der Waals surface area contributed by atoms with Gasteiger partial charge < -0.3 is 20.0 Å². The number of nitrogens with zero attached hydrogens (tertiary/aromatic N) is 2. The number of carbonyl (C=O) groups excluding carboxylic acids is 1. The van der Waals surface area contributed by atoms with Gasteiger partial charge in [-0.05, 0) is 93.5 Å². The lowest BCUT2D eigenvalue weighted by Gasteiger charge is -2.37. The number of aryl methyl sites for hydroxylation is 3. The van der Waals surface area contributed by atoms with Gasteiger partial charge in [0.05, 0.1) is 11.9 Å². The van der Waals surface area contributed by atoms with Gasteiger partial charge in [-0.1, -0.05) is 19.1 Å². The first kappa shape index (κ1) is 32.6. The smallest absolute Gasteiger partial charge is 0.253 e. The van der Waals surface area contributed by atoms with Gasteiger partial charge in [-0.2, -0.15) is 0 Å². The van der Waals surface area contributed by atoms with Gasteiger partial charge >= 0.3 is 0 Å². The third-order valence-corrected chi connectivity index (χ3v) is 10.5. The van der Waals surface area contributed by atoms with Crippen LogP contribution in [0.2, 0.25) is 0 Å². The maximum Gasteiger partial charge on any atom is 0.253 e. The number of H-pyrrole nitrogens is 1. The molecule has 1 unspecified atom stereocenters. The van der Waals surface area contributed by atoms with Gasteiger partial charge in [0.15, 0.2) is 0 Å². The van der Waals surface area contributed by atoms with Crippen LogP contribution in [0.3, 0.4) is 0 Å². The van der Waals surface area contributed by atoms with E-state index in [4.69, 9.17) is 0 Å². The maximum atomic E-state index is 15.7. The number of fused-ring (bicyclic) bond motifs is 1. The van der Waals surface area contributed by atoms with E-state index in [9.17, 15) is 23.1 Å². The number of aliphatic hydroxyl groups is 1. The van der Waals surface area contributed by atoms with Gasteiger partial charge in [0.25, 0.3) is 11.5 Å². The topological polar surface area (TPSA) is 124 Å². The number of nitrogens with one attached hydrogen (secondary N) is 2. The highest BCUT2D eigenvalue weighted by Crippen LogP contribution is 2.38. The Morgan fingerprint density at radius 3 is 2.38 bits per heavy atom. The molecule has 1 amide bonds. The second-order valence-electron chi connectivity index (χ2n) is 12.4. The predicted octanol–water partition coefficient (Wildman–Crippen LogP) is 5.20. The van der Waals surface area contributed by atoms with E-state index in [0.717, 1.165) is 40.4 Å². The fourth-order valence-electron chi connectivity index (χ4n) is 6.39. The molecule has 1 saturated heterocycles. The fourth-order valence-corrected chi connectivity index (χ4v) is 7.23. The van der Waals surface area contributed by atoms with E-state index in [-0.39, 0.29) is 55.5 Å². The highest BCUT2D eigenvalue weighted by molar-refractivity contribution is 7.88. The Morgan fingerprint density at radius 1 is 1.09 bits per heavy atom. The van der Waals surface area contributed by atoms with E-state index in [1.54, 1.807) is 25.1 Å². The van der Waals surface area contributed by atoms with Crippen LogP contribution in [0.4, 0.5) is 4.39 Å². The molecule has 1 aliphatic rings. The lowest BCUT2D eigenvalue weighted by Crippen LogP contribution is -2.45. The Hall–Kier alpha value is -3.80. The van der Waals surface area contributed by atoms with Crippen molar-refractivity contribution in [1.82, 2.24) is 19.2 Å². The summed E-state index contributed by atoms with van der Waals surface area (Å²) in [5.74, 6) is -0.952. The lowest BCUT2D eigenvalue weighted by molar-refractivity contribution is -0.0124. The first-order chi connectivity index (χ1) is 21.1. The summed E-state index contributed by atoms with van der Waals surface area (Å²) in [4.78, 5) is 29.2. The van der Waals surface area contributed by atoms with Crippen molar-refractivity contribution >= 4 is 26.8 Å². The van der Waals surface area contributed by atoms with Crippen LogP contribution in [-0.4, -0.2) is 52.6 Å². The second-order valence-corrected chi connectivity index (χ2v) is 14.4. The van der Waals surface area contributed by atoms with E-state index in [0.29, 0.717) is 22.3 Å². The zero-order valence-electron chi connectivity index (χ0n) is 26.6. The molecule has 0 radical (unpaired) electrons. The van der Waals surface area contributed by atoms with Crippen LogP contribution in [0.1, 0.15) is 77.5 Å². The van der Waals surface area contributed by atoms with Crippen LogP contribution in [0.15, 0.2) is 47.4 Å². The fraction of sp³-hybridized carbons (Fsp3) is 0.412. The molecule has 45 heavy (non-hydrogen) atoms. The molecule has 0 spiro atoms. The Bertz CT molecular complexity index is 1960. The second kappa shape index (κ2) is 12.2. The van der Waals surface area contributed by atoms with Crippen molar-refractivity contribution in [3.05, 3.63) is 92.3 Å². The van der Waals surface area contributed by atoms with E-state index in [1.807, 2.05) is 32.2 Å². The summed E-state index contributed by atoms with van der Waals surface area (Å²) in [5.41, 5.74) is 3.73. The molecule has 3 heterocycles. The number of halogens is 1. The van der Waals surface area contributed by atoms with Crippen LogP contribution >= 0.6 is 0 Å². The molecular formula is C34H41FN4O5S. The Balaban J connectivity index is 1.54. The first-order valence-electron chi connectivity index (χ1n) is 15.2. The minimum atomic E-state index is -3.40. The molecule has 0 bridgehead atoms. The number of benzene rings is 2. The molecule has 1 aliphatic heterocycles. The quantitative estimate of drug-likeness (QED) is 0.245. The molecule has 9 nitrogen and oxygen atoms in total. The van der Waals surface area contributed by atoms with Crippen molar-refractivity contribution in [2.75, 3.05) is 19.3 Å². The molecule has 2 aromatic heterocycles. The number of aromatic amines is 1. The average molecular weight is 637 g/mol. The van der Waals surface area contributed by atoms with E-state index in [2.05, 4.69) is 28.7 Å². The van der Waals surface area contributed by atoms with Crippen molar-refractivity contribution in [2.24, 2.45) is 0 Å². The summed E-state index contributed by atoms with van der Waals surface area (Å²) in [6.45, 7) is 10.0. The molecule has 240 valence electrons. The highest BCUT2D eigenvalue weighted by atomic mass is 32.2. The van der Waals surface area contributed by atoms with E-state index in [1.165, 1.54) is 10.4 Å². The predicted molar refractivity (Wildman–Crippen MR) is 174 cm³/mol. The number of piperidine rings is 1. The van der Waals surface area contributed by atoms with E-state index >= 15 is 4.39 Å². The van der Waals surface area contributed by atoms with Crippen LogP contribution < -0.4 is 10.9 Å². The number of sulfonamides is 1. The van der Waals surface area contributed by atoms with Gasteiger partial charge in [-0.25, -0.2) is 17.1 Å². The minimum absolute atomic E-state index is 0.0514. The minimum Gasteiger partial charge on any atom is -0.385 e. The average Bonchev–Trinajstić information content (AvgIpc) is 3.31. The molecule has 0 aliphatic carbocycles. The zero-order chi connectivity index (χ0) is 32.8. The van der Waals surface area contributed by atoms with Crippen molar-refractivity contribution < 1.29 is 22.7 Å². The molecule has 3 N–H and O–H groups in total. The van der Waals surface area contributed by atoms with Crippen LogP contribution in [0, 0.1) is 26.6 Å². The summed E-state index contributed by atoms with van der Waals surface area (Å²) in [6, 6.07) is 10.3. The Kier molecular flexibility index (Phi) is 8.82. The molecule has 4 aromatic rings. The van der Waals surface area contributed by atoms with Crippen LogP contribution in [0.5, 0.6) is 0 Å². The molecule has 1 atom stereocenters. The zero-order valence-corrected chi connectivity index (χ0v) is 27.4.